The van der Waals surface area contributed by atoms with Crippen molar-refractivity contribution in [1.29, 1.82) is 0 Å². The highest BCUT2D eigenvalue weighted by molar-refractivity contribution is 5.55. The number of ether oxygens (including phenoxy) is 1. The first kappa shape index (κ1) is 13.5. The van der Waals surface area contributed by atoms with E-state index in [2.05, 4.69) is 16.9 Å². The fourth-order valence-corrected chi connectivity index (χ4v) is 2.00. The van der Waals surface area contributed by atoms with E-state index >= 15 is 0 Å². The molecule has 0 aliphatic heterocycles. The van der Waals surface area contributed by atoms with E-state index in [0.717, 1.165) is 29.7 Å². The Morgan fingerprint density at radius 3 is 2.89 bits per heavy atom. The number of aromatic nitrogens is 2. The van der Waals surface area contributed by atoms with Gasteiger partial charge >= 0.3 is 0 Å². The van der Waals surface area contributed by atoms with E-state index in [0.29, 0.717) is 12.4 Å². The van der Waals surface area contributed by atoms with Crippen molar-refractivity contribution in [3.8, 4) is 11.4 Å². The Labute approximate surface area is 112 Å². The highest BCUT2D eigenvalue weighted by Crippen LogP contribution is 2.16. The molecule has 0 aliphatic rings. The summed E-state index contributed by atoms with van der Waals surface area (Å²) in [5, 5.41) is 0. The molecule has 2 aromatic rings. The predicted molar refractivity (Wildman–Crippen MR) is 75.0 cm³/mol. The van der Waals surface area contributed by atoms with Gasteiger partial charge in [-0.25, -0.2) is 4.98 Å². The van der Waals surface area contributed by atoms with Gasteiger partial charge in [-0.05, 0) is 18.1 Å². The van der Waals surface area contributed by atoms with E-state index in [9.17, 15) is 4.79 Å². The predicted octanol–water partition coefficient (Wildman–Crippen LogP) is 2.54. The number of hydrogen-bond acceptors (Lipinski definition) is 3. The minimum Gasteiger partial charge on any atom is -0.380 e. The molecule has 1 N–H and O–H groups in total. The SMILES string of the molecule is CCCc1cc(=O)[nH]c(-c2cccc(COC)c2)n1. The fraction of sp³-hybridized carbons (Fsp3) is 0.333. The van der Waals surface area contributed by atoms with Gasteiger partial charge in [0.05, 0.1) is 6.61 Å². The first-order chi connectivity index (χ1) is 9.22. The van der Waals surface area contributed by atoms with Crippen molar-refractivity contribution < 1.29 is 4.74 Å². The molecule has 4 nitrogen and oxygen atoms in total. The van der Waals surface area contributed by atoms with E-state index in [1.54, 1.807) is 13.2 Å². The molecule has 0 radical (unpaired) electrons. The molecule has 0 fully saturated rings. The van der Waals surface area contributed by atoms with Crippen LogP contribution < -0.4 is 5.56 Å². The monoisotopic (exact) mass is 258 g/mol. The molecule has 1 aromatic carbocycles. The lowest BCUT2D eigenvalue weighted by molar-refractivity contribution is 0.185. The topological polar surface area (TPSA) is 55.0 Å². The summed E-state index contributed by atoms with van der Waals surface area (Å²) in [5.74, 6) is 0.619. The average molecular weight is 258 g/mol. The van der Waals surface area contributed by atoms with Crippen molar-refractivity contribution in [3.63, 3.8) is 0 Å². The van der Waals surface area contributed by atoms with Crippen molar-refractivity contribution in [2.45, 2.75) is 26.4 Å². The largest absolute Gasteiger partial charge is 0.380 e. The molecule has 1 aromatic heterocycles. The molecule has 0 bridgehead atoms. The zero-order valence-corrected chi connectivity index (χ0v) is 11.3. The third-order valence-electron chi connectivity index (χ3n) is 2.81. The first-order valence-corrected chi connectivity index (χ1v) is 6.41. The second kappa shape index (κ2) is 6.29. The molecule has 0 aliphatic carbocycles. The summed E-state index contributed by atoms with van der Waals surface area (Å²) in [7, 11) is 1.66. The standard InChI is InChI=1S/C15H18N2O2/c1-3-5-13-9-14(18)17-15(16-13)12-7-4-6-11(8-12)10-19-2/h4,6-9H,3,5,10H2,1-2H3,(H,16,17,18). The number of aromatic amines is 1. The van der Waals surface area contributed by atoms with Gasteiger partial charge in [-0.15, -0.1) is 0 Å². The highest BCUT2D eigenvalue weighted by atomic mass is 16.5. The molecule has 1 heterocycles. The van der Waals surface area contributed by atoms with Crippen molar-refractivity contribution in [2.75, 3.05) is 7.11 Å². The minimum absolute atomic E-state index is 0.106. The number of H-pyrrole nitrogens is 1. The first-order valence-electron chi connectivity index (χ1n) is 6.41. The molecule has 0 amide bonds. The zero-order valence-electron chi connectivity index (χ0n) is 11.3. The van der Waals surface area contributed by atoms with E-state index in [4.69, 9.17) is 4.74 Å². The lowest BCUT2D eigenvalue weighted by atomic mass is 10.1. The van der Waals surface area contributed by atoms with Gasteiger partial charge in [0, 0.05) is 24.4 Å². The summed E-state index contributed by atoms with van der Waals surface area (Å²) in [6.45, 7) is 2.62. The lowest BCUT2D eigenvalue weighted by Crippen LogP contribution is -2.10. The van der Waals surface area contributed by atoms with Gasteiger partial charge in [0.15, 0.2) is 0 Å². The number of nitrogens with zero attached hydrogens (tertiary/aromatic N) is 1. The molecule has 0 saturated carbocycles. The molecule has 4 heteroatoms. The lowest BCUT2D eigenvalue weighted by Gasteiger charge is -2.06. The minimum atomic E-state index is -0.106. The van der Waals surface area contributed by atoms with Gasteiger partial charge in [0.2, 0.25) is 0 Å². The van der Waals surface area contributed by atoms with Crippen LogP contribution in [0.25, 0.3) is 11.4 Å². The van der Waals surface area contributed by atoms with Gasteiger partial charge in [-0.3, -0.25) is 4.79 Å². The number of methoxy groups -OCH3 is 1. The van der Waals surface area contributed by atoms with E-state index in [-0.39, 0.29) is 5.56 Å². The smallest absolute Gasteiger partial charge is 0.251 e. The summed E-state index contributed by atoms with van der Waals surface area (Å²) < 4.78 is 5.11. The van der Waals surface area contributed by atoms with Crippen LogP contribution >= 0.6 is 0 Å². The number of aryl methyl sites for hydroxylation is 1. The van der Waals surface area contributed by atoms with Crippen LogP contribution in [0.15, 0.2) is 35.1 Å². The van der Waals surface area contributed by atoms with Crippen LogP contribution in [0.5, 0.6) is 0 Å². The molecule has 19 heavy (non-hydrogen) atoms. The molecule has 0 unspecified atom stereocenters. The summed E-state index contributed by atoms with van der Waals surface area (Å²) in [6.07, 6.45) is 1.79. The number of hydrogen-bond donors (Lipinski definition) is 1. The van der Waals surface area contributed by atoms with Gasteiger partial charge in [0.1, 0.15) is 5.82 Å². The summed E-state index contributed by atoms with van der Waals surface area (Å²) >= 11 is 0. The normalized spacial score (nSPS) is 10.6. The Hall–Kier alpha value is -1.94. The molecule has 0 atom stereocenters. The summed E-state index contributed by atoms with van der Waals surface area (Å²) in [6, 6.07) is 9.41. The van der Waals surface area contributed by atoms with E-state index < -0.39 is 0 Å². The van der Waals surface area contributed by atoms with E-state index in [1.165, 1.54) is 0 Å². The number of benzene rings is 1. The van der Waals surface area contributed by atoms with Gasteiger partial charge in [0.25, 0.3) is 5.56 Å². The summed E-state index contributed by atoms with van der Waals surface area (Å²) in [4.78, 5) is 18.9. The van der Waals surface area contributed by atoms with Gasteiger partial charge in [-0.1, -0.05) is 31.5 Å². The Morgan fingerprint density at radius 1 is 1.32 bits per heavy atom. The summed E-state index contributed by atoms with van der Waals surface area (Å²) in [5.41, 5.74) is 2.69. The Morgan fingerprint density at radius 2 is 2.16 bits per heavy atom. The molecular formula is C15H18N2O2. The highest BCUT2D eigenvalue weighted by Gasteiger charge is 2.04. The second-order valence-electron chi connectivity index (χ2n) is 4.47. The third kappa shape index (κ3) is 3.51. The van der Waals surface area contributed by atoms with Crippen LogP contribution in [-0.2, 0) is 17.8 Å². The zero-order chi connectivity index (χ0) is 13.7. The van der Waals surface area contributed by atoms with Gasteiger partial charge < -0.3 is 9.72 Å². The van der Waals surface area contributed by atoms with Crippen LogP contribution in [0.3, 0.4) is 0 Å². The Bertz CT molecular complexity index is 605. The van der Waals surface area contributed by atoms with Crippen LogP contribution in [0.1, 0.15) is 24.6 Å². The maximum atomic E-state index is 11.6. The maximum absolute atomic E-state index is 11.6. The molecule has 0 spiro atoms. The van der Waals surface area contributed by atoms with E-state index in [1.807, 2.05) is 24.3 Å². The quantitative estimate of drug-likeness (QED) is 0.896. The van der Waals surface area contributed by atoms with Gasteiger partial charge in [-0.2, -0.15) is 0 Å². The second-order valence-corrected chi connectivity index (χ2v) is 4.47. The van der Waals surface area contributed by atoms with Crippen molar-refractivity contribution in [3.05, 3.63) is 51.9 Å². The van der Waals surface area contributed by atoms with Crippen LogP contribution in [-0.4, -0.2) is 17.1 Å². The van der Waals surface area contributed by atoms with Crippen LogP contribution in [0, 0.1) is 0 Å². The van der Waals surface area contributed by atoms with Crippen molar-refractivity contribution in [1.82, 2.24) is 9.97 Å². The molecule has 2 rings (SSSR count). The third-order valence-corrected chi connectivity index (χ3v) is 2.81. The van der Waals surface area contributed by atoms with Crippen molar-refractivity contribution in [2.24, 2.45) is 0 Å². The molecule has 100 valence electrons. The Balaban J connectivity index is 2.40. The molecular weight excluding hydrogens is 240 g/mol. The maximum Gasteiger partial charge on any atom is 0.251 e. The average Bonchev–Trinajstić information content (AvgIpc) is 2.39. The fourth-order valence-electron chi connectivity index (χ4n) is 2.00. The number of rotatable bonds is 5. The van der Waals surface area contributed by atoms with Crippen LogP contribution in [0.4, 0.5) is 0 Å². The Kier molecular flexibility index (Phi) is 4.47. The molecule has 0 saturated heterocycles. The van der Waals surface area contributed by atoms with Crippen molar-refractivity contribution >= 4 is 0 Å². The number of nitrogens with one attached hydrogen (secondary N) is 1. The van der Waals surface area contributed by atoms with Crippen LogP contribution in [0.2, 0.25) is 0 Å².